The van der Waals surface area contributed by atoms with Crippen LogP contribution in [0.2, 0.25) is 10.0 Å². The van der Waals surface area contributed by atoms with E-state index in [9.17, 15) is 4.79 Å². The standard InChI is InChI=1S/C31H30Cl2N2O5.CH2O2/c32-27-3-1-2-21(30(27)33)18-35(22-6-7-22)31(36)26-17-34-13-12-25(26)20-4-8-23(9-5-20)37-14-15-38-24-10-11-28-29(16-24)40-19-39-28;2-1-3/h1-5,8-11,16,22,34H,6-7,12-15,17-19H2;1H,(H,2,3). The molecule has 0 spiro atoms. The summed E-state index contributed by atoms with van der Waals surface area (Å²) in [6.07, 6.45) is 2.79. The lowest BCUT2D eigenvalue weighted by atomic mass is 9.93. The molecule has 0 atom stereocenters. The maximum Gasteiger partial charge on any atom is 0.290 e. The zero-order valence-corrected chi connectivity index (χ0v) is 24.9. The van der Waals surface area contributed by atoms with Crippen molar-refractivity contribution in [2.24, 2.45) is 0 Å². The Morgan fingerprint density at radius 1 is 1.00 bits per heavy atom. The van der Waals surface area contributed by atoms with Crippen LogP contribution in [0.15, 0.2) is 66.2 Å². The van der Waals surface area contributed by atoms with Crippen LogP contribution in [0.4, 0.5) is 0 Å². The number of hydrogen-bond donors (Lipinski definition) is 2. The molecule has 0 saturated heterocycles. The van der Waals surface area contributed by atoms with Gasteiger partial charge in [0.1, 0.15) is 24.7 Å². The smallest absolute Gasteiger partial charge is 0.290 e. The first-order valence-electron chi connectivity index (χ1n) is 14.0. The number of nitrogens with one attached hydrogen (secondary N) is 1. The third-order valence-corrected chi connectivity index (χ3v) is 8.12. The highest BCUT2D eigenvalue weighted by Crippen LogP contribution is 2.36. The number of ether oxygens (including phenoxy) is 4. The number of nitrogens with zero attached hydrogens (tertiary/aromatic N) is 1. The topological polar surface area (TPSA) is 107 Å². The Balaban J connectivity index is 0.00000118. The van der Waals surface area contributed by atoms with Crippen LogP contribution in [0, 0.1) is 0 Å². The monoisotopic (exact) mass is 626 g/mol. The van der Waals surface area contributed by atoms with Crippen molar-refractivity contribution < 1.29 is 33.6 Å². The van der Waals surface area contributed by atoms with Crippen LogP contribution in [-0.4, -0.2) is 61.5 Å². The number of carbonyl (C=O) groups is 2. The van der Waals surface area contributed by atoms with Gasteiger partial charge in [-0.05, 0) is 72.8 Å². The number of carboxylic acid groups (broad SMARTS) is 1. The Morgan fingerprint density at radius 2 is 1.70 bits per heavy atom. The zero-order valence-electron chi connectivity index (χ0n) is 23.4. The summed E-state index contributed by atoms with van der Waals surface area (Å²) in [5.74, 6) is 2.92. The van der Waals surface area contributed by atoms with Crippen molar-refractivity contribution in [1.29, 1.82) is 0 Å². The van der Waals surface area contributed by atoms with Crippen molar-refractivity contribution >= 4 is 41.2 Å². The lowest BCUT2D eigenvalue weighted by Gasteiger charge is -2.28. The highest BCUT2D eigenvalue weighted by molar-refractivity contribution is 6.42. The lowest BCUT2D eigenvalue weighted by Crippen LogP contribution is -2.39. The van der Waals surface area contributed by atoms with E-state index in [-0.39, 0.29) is 25.2 Å². The summed E-state index contributed by atoms with van der Waals surface area (Å²) < 4.78 is 22.4. The molecule has 2 aliphatic heterocycles. The molecule has 2 N–H and O–H groups in total. The number of hydrogen-bond acceptors (Lipinski definition) is 7. The minimum absolute atomic E-state index is 0.0572. The van der Waals surface area contributed by atoms with Crippen LogP contribution >= 0.6 is 23.2 Å². The molecule has 2 heterocycles. The summed E-state index contributed by atoms with van der Waals surface area (Å²) in [6, 6.07) is 19.2. The van der Waals surface area contributed by atoms with Crippen LogP contribution in [0.1, 0.15) is 30.4 Å². The third kappa shape index (κ3) is 7.73. The summed E-state index contributed by atoms with van der Waals surface area (Å²) in [7, 11) is 0. The molecule has 0 radical (unpaired) electrons. The van der Waals surface area contributed by atoms with Gasteiger partial charge in [-0.1, -0.05) is 47.5 Å². The molecule has 1 saturated carbocycles. The van der Waals surface area contributed by atoms with Gasteiger partial charge >= 0.3 is 0 Å². The maximum atomic E-state index is 13.9. The molecule has 3 aromatic rings. The molecule has 1 aliphatic carbocycles. The van der Waals surface area contributed by atoms with Crippen LogP contribution < -0.4 is 24.3 Å². The molecular weight excluding hydrogens is 595 g/mol. The van der Waals surface area contributed by atoms with E-state index in [1.807, 2.05) is 59.5 Å². The number of amides is 1. The SMILES string of the molecule is O=C(C1=C(c2ccc(OCCOc3ccc4c(c3)OCO4)cc2)CCNC1)N(Cc1cccc(Cl)c1Cl)C1CC1.O=CO. The first-order valence-corrected chi connectivity index (χ1v) is 14.7. The second-order valence-corrected chi connectivity index (χ2v) is 10.9. The quantitative estimate of drug-likeness (QED) is 0.214. The van der Waals surface area contributed by atoms with E-state index in [4.69, 9.17) is 52.1 Å². The van der Waals surface area contributed by atoms with Crippen LogP contribution in [-0.2, 0) is 16.1 Å². The van der Waals surface area contributed by atoms with E-state index < -0.39 is 0 Å². The van der Waals surface area contributed by atoms with E-state index in [2.05, 4.69) is 5.32 Å². The van der Waals surface area contributed by atoms with E-state index in [1.54, 1.807) is 6.07 Å². The molecule has 9 nitrogen and oxygen atoms in total. The summed E-state index contributed by atoms with van der Waals surface area (Å²) in [4.78, 5) is 24.2. The van der Waals surface area contributed by atoms with Crippen molar-refractivity contribution in [3.8, 4) is 23.0 Å². The molecule has 43 heavy (non-hydrogen) atoms. The highest BCUT2D eigenvalue weighted by atomic mass is 35.5. The van der Waals surface area contributed by atoms with E-state index in [1.165, 1.54) is 0 Å². The molecule has 3 aliphatic rings. The van der Waals surface area contributed by atoms with Crippen LogP contribution in [0.5, 0.6) is 23.0 Å². The van der Waals surface area contributed by atoms with Crippen LogP contribution in [0.25, 0.3) is 5.57 Å². The van der Waals surface area contributed by atoms with Crippen molar-refractivity contribution in [1.82, 2.24) is 10.2 Å². The van der Waals surface area contributed by atoms with Gasteiger partial charge in [-0.15, -0.1) is 0 Å². The fraction of sp³-hybridized carbons (Fsp3) is 0.312. The largest absolute Gasteiger partial charge is 0.490 e. The van der Waals surface area contributed by atoms with Gasteiger partial charge in [-0.3, -0.25) is 9.59 Å². The molecule has 1 fully saturated rings. The summed E-state index contributed by atoms with van der Waals surface area (Å²) in [6.45, 7) is 2.58. The Bertz CT molecular complexity index is 1480. The lowest BCUT2D eigenvalue weighted by molar-refractivity contribution is -0.128. The second kappa shape index (κ2) is 14.5. The Morgan fingerprint density at radius 3 is 2.44 bits per heavy atom. The molecule has 6 rings (SSSR count). The normalized spacial score (nSPS) is 15.3. The minimum atomic E-state index is -0.250. The summed E-state index contributed by atoms with van der Waals surface area (Å²) in [5, 5.41) is 11.3. The van der Waals surface area contributed by atoms with Gasteiger partial charge in [-0.2, -0.15) is 0 Å². The Kier molecular flexibility index (Phi) is 10.3. The van der Waals surface area contributed by atoms with E-state index in [0.29, 0.717) is 47.8 Å². The fourth-order valence-electron chi connectivity index (χ4n) is 5.03. The number of benzene rings is 3. The first kappa shape index (κ1) is 30.5. The first-order chi connectivity index (χ1) is 21.0. The molecule has 3 aromatic carbocycles. The highest BCUT2D eigenvalue weighted by Gasteiger charge is 2.35. The summed E-state index contributed by atoms with van der Waals surface area (Å²) >= 11 is 12.7. The minimum Gasteiger partial charge on any atom is -0.490 e. The van der Waals surface area contributed by atoms with Gasteiger partial charge < -0.3 is 34.3 Å². The van der Waals surface area contributed by atoms with Crippen molar-refractivity contribution in [3.63, 3.8) is 0 Å². The Hall–Kier alpha value is -3.92. The third-order valence-electron chi connectivity index (χ3n) is 7.26. The van der Waals surface area contributed by atoms with Gasteiger partial charge in [0.05, 0.1) is 10.0 Å². The van der Waals surface area contributed by atoms with Crippen LogP contribution in [0.3, 0.4) is 0 Å². The molecular formula is C32H32Cl2N2O7. The van der Waals surface area contributed by atoms with Crippen molar-refractivity contribution in [3.05, 3.63) is 87.4 Å². The van der Waals surface area contributed by atoms with Gasteiger partial charge in [-0.25, -0.2) is 0 Å². The van der Waals surface area contributed by atoms with Gasteiger partial charge in [0, 0.05) is 30.8 Å². The van der Waals surface area contributed by atoms with E-state index >= 15 is 0 Å². The molecule has 226 valence electrons. The fourth-order valence-corrected chi connectivity index (χ4v) is 5.41. The number of rotatable bonds is 10. The van der Waals surface area contributed by atoms with Gasteiger partial charge in [0.25, 0.3) is 12.4 Å². The molecule has 11 heteroatoms. The number of carbonyl (C=O) groups excluding carboxylic acids is 1. The second-order valence-electron chi connectivity index (χ2n) is 10.1. The predicted octanol–water partition coefficient (Wildman–Crippen LogP) is 5.82. The van der Waals surface area contributed by atoms with Crippen molar-refractivity contribution in [2.45, 2.75) is 31.8 Å². The number of halogens is 2. The van der Waals surface area contributed by atoms with Crippen molar-refractivity contribution in [2.75, 3.05) is 33.1 Å². The van der Waals surface area contributed by atoms with Gasteiger partial charge in [0.2, 0.25) is 6.79 Å². The predicted molar refractivity (Wildman–Crippen MR) is 163 cm³/mol. The molecule has 0 unspecified atom stereocenters. The Labute approximate surface area is 259 Å². The molecule has 0 aromatic heterocycles. The average Bonchev–Trinajstić information content (AvgIpc) is 3.76. The molecule has 0 bridgehead atoms. The maximum absolute atomic E-state index is 13.9. The number of fused-ring (bicyclic) bond motifs is 1. The zero-order chi connectivity index (χ0) is 30.2. The van der Waals surface area contributed by atoms with Gasteiger partial charge in [0.15, 0.2) is 11.5 Å². The average molecular weight is 628 g/mol. The van der Waals surface area contributed by atoms with E-state index in [0.717, 1.165) is 59.6 Å². The molecule has 1 amide bonds. The summed E-state index contributed by atoms with van der Waals surface area (Å²) in [5.41, 5.74) is 3.78.